The third kappa shape index (κ3) is 8.69. The Morgan fingerprint density at radius 2 is 0.635 bits per heavy atom. The number of hydrogen-bond acceptors (Lipinski definition) is 2. The van der Waals surface area contributed by atoms with Gasteiger partial charge >= 0.3 is 0 Å². The van der Waals surface area contributed by atoms with E-state index in [-0.39, 0.29) is 37.5 Å². The van der Waals surface area contributed by atoms with E-state index in [4.69, 9.17) is 0 Å². The van der Waals surface area contributed by atoms with Gasteiger partial charge in [0.15, 0.2) is 14.6 Å². The fourth-order valence-corrected chi connectivity index (χ4v) is 15.7. The minimum atomic E-state index is -2.66. The largest absolute Gasteiger partial charge is 0.305 e. The van der Waals surface area contributed by atoms with Crippen LogP contribution in [-0.4, -0.2) is 37.5 Å². The first-order valence-corrected chi connectivity index (χ1v) is 21.6. The maximum atomic E-state index is 14.3. The molecule has 282 valence electrons. The molecule has 0 bridgehead atoms. The van der Waals surface area contributed by atoms with E-state index < -0.39 is 14.6 Å². The predicted molar refractivity (Wildman–Crippen MR) is 229 cm³/mol. The van der Waals surface area contributed by atoms with E-state index in [2.05, 4.69) is 140 Å². The molecule has 6 rings (SSSR count). The zero-order valence-corrected chi connectivity index (χ0v) is 34.2. The van der Waals surface area contributed by atoms with Crippen LogP contribution in [0.2, 0.25) is 0 Å². The molecule has 1 saturated heterocycles. The van der Waals surface area contributed by atoms with Gasteiger partial charge in [-0.1, -0.05) is 144 Å². The number of allylic oxidation sites excluding steroid dienone is 2. The van der Waals surface area contributed by atoms with Crippen molar-refractivity contribution in [2.75, 3.05) is 28.2 Å². The van der Waals surface area contributed by atoms with Crippen molar-refractivity contribution < 1.29 is 9.13 Å². The maximum Gasteiger partial charge on any atom is 0.171 e. The van der Waals surface area contributed by atoms with E-state index in [0.29, 0.717) is 0 Å². The zero-order chi connectivity index (χ0) is 36.7. The molecular formula is C46H66N2O2P2. The molecule has 52 heavy (non-hydrogen) atoms. The Morgan fingerprint density at radius 1 is 0.404 bits per heavy atom. The van der Waals surface area contributed by atoms with Crippen molar-refractivity contribution in [2.45, 2.75) is 106 Å². The first-order valence-electron chi connectivity index (χ1n) is 18.0. The van der Waals surface area contributed by atoms with Gasteiger partial charge in [-0.25, -0.2) is 0 Å². The van der Waals surface area contributed by atoms with Crippen LogP contribution in [0.1, 0.15) is 117 Å². The molecule has 0 saturated carbocycles. The number of benzene rings is 4. The Kier molecular flexibility index (Phi) is 14.2. The van der Waals surface area contributed by atoms with Gasteiger partial charge in [0.1, 0.15) is 0 Å². The molecule has 0 amide bonds. The summed E-state index contributed by atoms with van der Waals surface area (Å²) in [5.74, 6) is 0. The fourth-order valence-electron chi connectivity index (χ4n) is 8.76. The highest BCUT2D eigenvalue weighted by molar-refractivity contribution is 7.63. The number of rotatable bonds is 6. The summed E-state index contributed by atoms with van der Waals surface area (Å²) in [5.41, 5.74) is 14.9. The van der Waals surface area contributed by atoms with Crippen LogP contribution in [0.5, 0.6) is 0 Å². The van der Waals surface area contributed by atoms with Crippen LogP contribution in [0, 0.1) is 55.4 Å². The van der Waals surface area contributed by atoms with Gasteiger partial charge in [-0.15, -0.1) is 0 Å². The third-order valence-electron chi connectivity index (χ3n) is 10.6. The summed E-state index contributed by atoms with van der Waals surface area (Å²) < 4.78 is 32.6. The van der Waals surface area contributed by atoms with E-state index in [1.165, 1.54) is 55.6 Å². The van der Waals surface area contributed by atoms with Crippen molar-refractivity contribution >= 4 is 14.6 Å². The van der Waals surface area contributed by atoms with Gasteiger partial charge in [0.2, 0.25) is 0 Å². The monoisotopic (exact) mass is 740 g/mol. The molecule has 4 nitrogen and oxygen atoms in total. The number of hydrogen-bond donors (Lipinski definition) is 0. The Labute approximate surface area is 317 Å². The lowest BCUT2D eigenvalue weighted by atomic mass is 9.99. The molecule has 2 heterocycles. The van der Waals surface area contributed by atoms with E-state index in [1.54, 1.807) is 0 Å². The lowest BCUT2D eigenvalue weighted by Gasteiger charge is -2.33. The molecule has 4 aromatic rings. The molecule has 2 aliphatic heterocycles. The highest BCUT2D eigenvalue weighted by Gasteiger charge is 2.49. The third-order valence-corrected chi connectivity index (χ3v) is 18.5. The van der Waals surface area contributed by atoms with E-state index in [9.17, 15) is 9.13 Å². The van der Waals surface area contributed by atoms with E-state index in [0.717, 1.165) is 24.0 Å². The van der Waals surface area contributed by atoms with Gasteiger partial charge in [0, 0.05) is 0 Å². The number of nitrogens with zero attached hydrogens (tertiary/aromatic N) is 2. The second-order valence-corrected chi connectivity index (χ2v) is 22.3. The molecule has 0 spiro atoms. The minimum Gasteiger partial charge on any atom is -0.305 e. The molecule has 2 aliphatic rings. The molecule has 4 aromatic carbocycles. The Balaban J connectivity index is 0.000000270. The molecule has 0 aromatic heterocycles. The summed E-state index contributed by atoms with van der Waals surface area (Å²) in [6, 6.07) is 26.4. The van der Waals surface area contributed by atoms with Crippen molar-refractivity contribution in [3.63, 3.8) is 0 Å². The van der Waals surface area contributed by atoms with E-state index in [1.807, 2.05) is 37.5 Å². The maximum absolute atomic E-state index is 14.3. The summed E-state index contributed by atoms with van der Waals surface area (Å²) >= 11 is 0. The standard InChI is InChI=1S/C22H30NOP.C22H28NOP.2CH4/c2*1-15-9-16(2)12-19(11-15)21-7-8-22(25(21,24)23(5)6)20-13-17(3)10-18(4)14-20;;/h9-14,21-22H,7-8H2,1-6H3;7-14,21-22H,1-6H3;2*1H4/t21-,22-;21-,22+,25?;;/m0.../s1. The zero-order valence-electron chi connectivity index (χ0n) is 32.4. The van der Waals surface area contributed by atoms with Crippen LogP contribution in [0.25, 0.3) is 0 Å². The molecule has 0 radical (unpaired) electrons. The molecule has 0 N–H and O–H groups in total. The Hall–Kier alpha value is -3.00. The highest BCUT2D eigenvalue weighted by Crippen LogP contribution is 2.77. The van der Waals surface area contributed by atoms with Crippen LogP contribution in [0.4, 0.5) is 0 Å². The Morgan fingerprint density at radius 3 is 0.865 bits per heavy atom. The second-order valence-electron chi connectivity index (χ2n) is 15.6. The molecule has 1 fully saturated rings. The van der Waals surface area contributed by atoms with Crippen LogP contribution >= 0.6 is 14.6 Å². The Bertz CT molecular complexity index is 1790. The lowest BCUT2D eigenvalue weighted by Crippen LogP contribution is -2.15. The summed E-state index contributed by atoms with van der Waals surface area (Å²) in [5, 5.41) is 0. The predicted octanol–water partition coefficient (Wildman–Crippen LogP) is 13.7. The molecule has 6 heteroatoms. The smallest absolute Gasteiger partial charge is 0.171 e. The van der Waals surface area contributed by atoms with Crippen LogP contribution in [-0.2, 0) is 9.13 Å². The van der Waals surface area contributed by atoms with Crippen LogP contribution in [0.15, 0.2) is 84.9 Å². The first-order chi connectivity index (χ1) is 23.4. The normalized spacial score (nSPS) is 23.2. The first kappa shape index (κ1) is 43.4. The topological polar surface area (TPSA) is 40.6 Å². The molecule has 1 unspecified atom stereocenters. The average molecular weight is 741 g/mol. The van der Waals surface area contributed by atoms with Crippen molar-refractivity contribution in [3.05, 3.63) is 152 Å². The highest BCUT2D eigenvalue weighted by atomic mass is 31.2. The van der Waals surface area contributed by atoms with Crippen molar-refractivity contribution in [1.29, 1.82) is 0 Å². The summed E-state index contributed by atoms with van der Waals surface area (Å²) in [4.78, 5) is 0. The average Bonchev–Trinajstić information content (AvgIpc) is 3.54. The quantitative estimate of drug-likeness (QED) is 0.146. The fraction of sp³-hybridized carbons (Fsp3) is 0.435. The van der Waals surface area contributed by atoms with Crippen molar-refractivity contribution in [1.82, 2.24) is 9.34 Å². The second kappa shape index (κ2) is 17.0. The van der Waals surface area contributed by atoms with Gasteiger partial charge in [0.05, 0.1) is 22.6 Å². The minimum absolute atomic E-state index is 0. The van der Waals surface area contributed by atoms with Gasteiger partial charge < -0.3 is 9.13 Å². The molecule has 0 aliphatic carbocycles. The summed E-state index contributed by atoms with van der Waals surface area (Å²) in [6.45, 7) is 17.0. The molecule has 5 atom stereocenters. The van der Waals surface area contributed by atoms with Crippen LogP contribution < -0.4 is 0 Å². The van der Waals surface area contributed by atoms with Crippen molar-refractivity contribution in [3.8, 4) is 0 Å². The van der Waals surface area contributed by atoms with Gasteiger partial charge in [0.25, 0.3) is 0 Å². The van der Waals surface area contributed by atoms with Gasteiger partial charge in [-0.3, -0.25) is 9.34 Å². The summed E-state index contributed by atoms with van der Waals surface area (Å²) in [6.07, 6.45) is 6.32. The van der Waals surface area contributed by atoms with Gasteiger partial charge in [-0.05, 0) is 119 Å². The van der Waals surface area contributed by atoms with Gasteiger partial charge in [-0.2, -0.15) is 0 Å². The lowest BCUT2D eigenvalue weighted by molar-refractivity contribution is 0.502. The SMILES string of the molecule is C.C.Cc1cc(C)cc([C@@H]2CC[C@@H](c3cc(C)cc(C)c3)P2(=O)N(C)C)c1.Cc1cc(C)cc([C@H]2C=C[C@@H](c3cc(C)cc(C)c3)P2(=O)N(C)C)c1. The number of aryl methyl sites for hydroxylation is 8. The van der Waals surface area contributed by atoms with E-state index >= 15 is 0 Å². The van der Waals surface area contributed by atoms with Crippen LogP contribution in [0.3, 0.4) is 0 Å². The van der Waals surface area contributed by atoms with Crippen molar-refractivity contribution in [2.24, 2.45) is 0 Å². The molecular weight excluding hydrogens is 674 g/mol. The summed E-state index contributed by atoms with van der Waals surface area (Å²) in [7, 11) is 2.69.